The molecule has 0 aliphatic carbocycles. The minimum Gasteiger partial charge on any atom is -0.495 e. The molecule has 21 heavy (non-hydrogen) atoms. The van der Waals surface area contributed by atoms with Crippen molar-refractivity contribution in [3.63, 3.8) is 0 Å². The van der Waals surface area contributed by atoms with Crippen LogP contribution in [0.2, 0.25) is 5.02 Å². The molecule has 3 rings (SSSR count). The van der Waals surface area contributed by atoms with E-state index in [4.69, 9.17) is 21.1 Å². The second-order valence-electron chi connectivity index (χ2n) is 4.64. The number of carbonyl (C=O) groups is 1. The van der Waals surface area contributed by atoms with Crippen LogP contribution in [0.3, 0.4) is 0 Å². The maximum Gasteiger partial charge on any atom is 0.276 e. The molecule has 0 radical (unpaired) electrons. The maximum atomic E-state index is 12.3. The highest BCUT2D eigenvalue weighted by Crippen LogP contribution is 2.27. The SMILES string of the molecule is COc1ccc(NC(=O)c2n[nH]c3c2COCC3)cc1Cl. The molecule has 110 valence electrons. The van der Waals surface area contributed by atoms with Crippen molar-refractivity contribution >= 4 is 23.2 Å². The lowest BCUT2D eigenvalue weighted by molar-refractivity contribution is 0.0985. The largest absolute Gasteiger partial charge is 0.495 e. The number of methoxy groups -OCH3 is 1. The number of rotatable bonds is 3. The Kier molecular flexibility index (Phi) is 3.81. The van der Waals surface area contributed by atoms with Crippen molar-refractivity contribution in [2.75, 3.05) is 19.0 Å². The number of ether oxygens (including phenoxy) is 2. The van der Waals surface area contributed by atoms with Crippen molar-refractivity contribution in [1.29, 1.82) is 0 Å². The van der Waals surface area contributed by atoms with Gasteiger partial charge in [0.05, 0.1) is 25.3 Å². The number of benzene rings is 1. The fourth-order valence-electron chi connectivity index (χ4n) is 2.23. The summed E-state index contributed by atoms with van der Waals surface area (Å²) in [6.07, 6.45) is 0.740. The number of nitrogens with one attached hydrogen (secondary N) is 2. The van der Waals surface area contributed by atoms with Gasteiger partial charge in [0, 0.05) is 23.4 Å². The van der Waals surface area contributed by atoms with E-state index in [9.17, 15) is 4.79 Å². The van der Waals surface area contributed by atoms with E-state index in [1.54, 1.807) is 18.2 Å². The molecule has 0 saturated heterocycles. The Morgan fingerprint density at radius 1 is 1.52 bits per heavy atom. The van der Waals surface area contributed by atoms with Gasteiger partial charge in [-0.05, 0) is 18.2 Å². The lowest BCUT2D eigenvalue weighted by Crippen LogP contribution is -2.17. The first-order valence-electron chi connectivity index (χ1n) is 6.48. The average Bonchev–Trinajstić information content (AvgIpc) is 2.91. The van der Waals surface area contributed by atoms with E-state index in [0.717, 1.165) is 17.7 Å². The molecule has 1 aliphatic rings. The molecule has 0 saturated carbocycles. The Hall–Kier alpha value is -2.05. The zero-order chi connectivity index (χ0) is 14.8. The molecule has 1 aromatic carbocycles. The summed E-state index contributed by atoms with van der Waals surface area (Å²) in [6, 6.07) is 5.05. The summed E-state index contributed by atoms with van der Waals surface area (Å²) in [5.41, 5.74) is 2.72. The number of anilines is 1. The van der Waals surface area contributed by atoms with Gasteiger partial charge in [-0.15, -0.1) is 0 Å². The van der Waals surface area contributed by atoms with Crippen LogP contribution in [0.15, 0.2) is 18.2 Å². The predicted octanol–water partition coefficient (Wildman–Crippen LogP) is 2.40. The number of hydrogen-bond acceptors (Lipinski definition) is 4. The van der Waals surface area contributed by atoms with E-state index in [1.165, 1.54) is 7.11 Å². The normalized spacial score (nSPS) is 13.6. The zero-order valence-corrected chi connectivity index (χ0v) is 12.2. The summed E-state index contributed by atoms with van der Waals surface area (Å²) >= 11 is 6.04. The third kappa shape index (κ3) is 2.72. The topological polar surface area (TPSA) is 76.2 Å². The van der Waals surface area contributed by atoms with Gasteiger partial charge in [0.1, 0.15) is 5.75 Å². The third-order valence-electron chi connectivity index (χ3n) is 3.32. The van der Waals surface area contributed by atoms with Crippen LogP contribution >= 0.6 is 11.6 Å². The second-order valence-corrected chi connectivity index (χ2v) is 5.04. The van der Waals surface area contributed by atoms with Crippen LogP contribution in [-0.2, 0) is 17.8 Å². The summed E-state index contributed by atoms with van der Waals surface area (Å²) in [4.78, 5) is 12.3. The number of amides is 1. The summed E-state index contributed by atoms with van der Waals surface area (Å²) in [5.74, 6) is 0.263. The van der Waals surface area contributed by atoms with Crippen LogP contribution in [-0.4, -0.2) is 29.8 Å². The molecule has 2 aromatic rings. The van der Waals surface area contributed by atoms with Crippen LogP contribution in [0.4, 0.5) is 5.69 Å². The molecule has 1 amide bonds. The molecule has 1 aromatic heterocycles. The van der Waals surface area contributed by atoms with Crippen LogP contribution in [0, 0.1) is 0 Å². The molecule has 0 spiro atoms. The van der Waals surface area contributed by atoms with Gasteiger partial charge in [0.2, 0.25) is 0 Å². The number of aromatic nitrogens is 2. The van der Waals surface area contributed by atoms with Gasteiger partial charge in [0.25, 0.3) is 5.91 Å². The average molecular weight is 308 g/mol. The maximum absolute atomic E-state index is 12.3. The smallest absolute Gasteiger partial charge is 0.276 e. The highest BCUT2D eigenvalue weighted by Gasteiger charge is 2.22. The van der Waals surface area contributed by atoms with E-state index in [0.29, 0.717) is 35.4 Å². The number of fused-ring (bicyclic) bond motifs is 1. The molecular formula is C14H14ClN3O3. The van der Waals surface area contributed by atoms with Crippen molar-refractivity contribution in [3.8, 4) is 5.75 Å². The summed E-state index contributed by atoms with van der Waals surface area (Å²) < 4.78 is 10.4. The fourth-order valence-corrected chi connectivity index (χ4v) is 2.49. The van der Waals surface area contributed by atoms with Crippen molar-refractivity contribution in [2.24, 2.45) is 0 Å². The first-order chi connectivity index (χ1) is 10.2. The van der Waals surface area contributed by atoms with Gasteiger partial charge in [-0.25, -0.2) is 0 Å². The highest BCUT2D eigenvalue weighted by molar-refractivity contribution is 6.32. The standard InChI is InChI=1S/C14H14ClN3O3/c1-20-12-3-2-8(6-10(12)15)16-14(19)13-9-7-21-5-4-11(9)17-18-13/h2-3,6H,4-5,7H2,1H3,(H,16,19)(H,17,18). The minimum absolute atomic E-state index is 0.292. The first-order valence-corrected chi connectivity index (χ1v) is 6.85. The molecular weight excluding hydrogens is 294 g/mol. The monoisotopic (exact) mass is 307 g/mol. The number of aromatic amines is 1. The van der Waals surface area contributed by atoms with Crippen molar-refractivity contribution in [1.82, 2.24) is 10.2 Å². The molecule has 2 N–H and O–H groups in total. The van der Waals surface area contributed by atoms with Crippen LogP contribution in [0.25, 0.3) is 0 Å². The zero-order valence-electron chi connectivity index (χ0n) is 11.4. The Morgan fingerprint density at radius 2 is 2.38 bits per heavy atom. The Labute approximate surface area is 126 Å². The lowest BCUT2D eigenvalue weighted by atomic mass is 10.1. The molecule has 6 nitrogen and oxygen atoms in total. The van der Waals surface area contributed by atoms with E-state index in [1.807, 2.05) is 0 Å². The van der Waals surface area contributed by atoms with Crippen molar-refractivity contribution in [3.05, 3.63) is 40.2 Å². The molecule has 2 heterocycles. The number of nitrogens with zero attached hydrogens (tertiary/aromatic N) is 1. The van der Waals surface area contributed by atoms with Crippen molar-refractivity contribution in [2.45, 2.75) is 13.0 Å². The first kappa shape index (κ1) is 13.9. The van der Waals surface area contributed by atoms with Gasteiger partial charge in [0.15, 0.2) is 5.69 Å². The molecule has 0 fully saturated rings. The minimum atomic E-state index is -0.292. The number of hydrogen-bond donors (Lipinski definition) is 2. The quantitative estimate of drug-likeness (QED) is 0.913. The predicted molar refractivity (Wildman–Crippen MR) is 77.9 cm³/mol. The second kappa shape index (κ2) is 5.75. The highest BCUT2D eigenvalue weighted by atomic mass is 35.5. The van der Waals surface area contributed by atoms with Gasteiger partial charge in [-0.1, -0.05) is 11.6 Å². The fraction of sp³-hybridized carbons (Fsp3) is 0.286. The van der Waals surface area contributed by atoms with Gasteiger partial charge in [-0.3, -0.25) is 9.89 Å². The Morgan fingerprint density at radius 3 is 3.14 bits per heavy atom. The molecule has 0 unspecified atom stereocenters. The molecule has 0 bridgehead atoms. The number of H-pyrrole nitrogens is 1. The van der Waals surface area contributed by atoms with Gasteiger partial charge in [-0.2, -0.15) is 5.10 Å². The van der Waals surface area contributed by atoms with Crippen LogP contribution in [0.5, 0.6) is 5.75 Å². The Bertz CT molecular complexity index is 684. The molecule has 0 atom stereocenters. The summed E-state index contributed by atoms with van der Waals surface area (Å²) in [5, 5.41) is 10.2. The molecule has 1 aliphatic heterocycles. The Balaban J connectivity index is 1.80. The lowest BCUT2D eigenvalue weighted by Gasteiger charge is -2.12. The van der Waals surface area contributed by atoms with Crippen LogP contribution < -0.4 is 10.1 Å². The number of halogens is 1. The molecule has 7 heteroatoms. The van der Waals surface area contributed by atoms with Gasteiger partial charge < -0.3 is 14.8 Å². The van der Waals surface area contributed by atoms with E-state index in [2.05, 4.69) is 15.5 Å². The summed E-state index contributed by atoms with van der Waals surface area (Å²) in [6.45, 7) is 1.04. The van der Waals surface area contributed by atoms with Crippen LogP contribution in [0.1, 0.15) is 21.7 Å². The van der Waals surface area contributed by atoms with E-state index >= 15 is 0 Å². The van der Waals surface area contributed by atoms with E-state index < -0.39 is 0 Å². The van der Waals surface area contributed by atoms with Crippen molar-refractivity contribution < 1.29 is 14.3 Å². The number of carbonyl (C=O) groups excluding carboxylic acids is 1. The summed E-state index contributed by atoms with van der Waals surface area (Å²) in [7, 11) is 1.54. The van der Waals surface area contributed by atoms with Gasteiger partial charge >= 0.3 is 0 Å². The van der Waals surface area contributed by atoms with E-state index in [-0.39, 0.29) is 5.91 Å². The third-order valence-corrected chi connectivity index (χ3v) is 3.62.